The van der Waals surface area contributed by atoms with Crippen LogP contribution < -0.4 is 9.47 Å². The first-order valence-electron chi connectivity index (χ1n) is 6.77. The lowest BCUT2D eigenvalue weighted by atomic mass is 10.2. The van der Waals surface area contributed by atoms with Gasteiger partial charge in [0.1, 0.15) is 5.75 Å². The first-order chi connectivity index (χ1) is 10.8. The molecule has 1 atom stereocenters. The molecule has 5 nitrogen and oxygen atoms in total. The zero-order chi connectivity index (χ0) is 17.2. The summed E-state index contributed by atoms with van der Waals surface area (Å²) in [5.41, 5.74) is 1.10. The normalized spacial score (nSPS) is 13.0. The molecule has 23 heavy (non-hydrogen) atoms. The number of rotatable bonds is 5. The Kier molecular flexibility index (Phi) is 5.03. The molecule has 0 aliphatic rings. The van der Waals surface area contributed by atoms with Crippen molar-refractivity contribution in [3.8, 4) is 22.9 Å². The largest absolute Gasteiger partial charge is 0.496 e. The molecule has 0 amide bonds. The molecule has 0 saturated carbocycles. The van der Waals surface area contributed by atoms with E-state index in [0.717, 1.165) is 6.92 Å². The molecule has 2 heterocycles. The second-order valence-corrected chi connectivity index (χ2v) is 5.09. The summed E-state index contributed by atoms with van der Waals surface area (Å²) in [7, 11) is 1.40. The summed E-state index contributed by atoms with van der Waals surface area (Å²) in [6.07, 6.45) is -3.62. The van der Waals surface area contributed by atoms with Crippen molar-refractivity contribution in [1.29, 1.82) is 0 Å². The summed E-state index contributed by atoms with van der Waals surface area (Å²) < 4.78 is 49.4. The highest BCUT2D eigenvalue weighted by atomic mass is 35.5. The lowest BCUT2D eigenvalue weighted by Crippen LogP contribution is -2.31. The predicted molar refractivity (Wildman–Crippen MR) is 78.8 cm³/mol. The number of aryl methyl sites for hydroxylation is 1. The van der Waals surface area contributed by atoms with Gasteiger partial charge in [0, 0.05) is 18.8 Å². The molecule has 2 aromatic heterocycles. The number of hydrogen-bond donors (Lipinski definition) is 0. The third-order valence-corrected chi connectivity index (χ3v) is 3.45. The van der Waals surface area contributed by atoms with Gasteiger partial charge in [-0.2, -0.15) is 18.3 Å². The summed E-state index contributed by atoms with van der Waals surface area (Å²) in [5, 5.41) is 4.50. The van der Waals surface area contributed by atoms with Crippen LogP contribution in [0.3, 0.4) is 0 Å². The summed E-state index contributed by atoms with van der Waals surface area (Å²) in [5.74, 6) is 0.107. The van der Waals surface area contributed by atoms with Gasteiger partial charge in [0.2, 0.25) is 5.88 Å². The molecule has 0 radical (unpaired) electrons. The number of ether oxygens (including phenoxy) is 2. The Morgan fingerprint density at radius 3 is 2.61 bits per heavy atom. The lowest BCUT2D eigenvalue weighted by Gasteiger charge is -2.18. The molecule has 126 valence electrons. The molecule has 2 rings (SSSR count). The Balaban J connectivity index is 2.39. The first kappa shape index (κ1) is 17.4. The van der Waals surface area contributed by atoms with Crippen LogP contribution in [0.25, 0.3) is 11.3 Å². The highest BCUT2D eigenvalue weighted by Crippen LogP contribution is 2.36. The summed E-state index contributed by atoms with van der Waals surface area (Å²) >= 11 is 6.12. The SMILES string of the molecule is CCn1ncc(Cl)c1-c1cnc(O[C@H](C)C(F)(F)F)cc1OC. The quantitative estimate of drug-likeness (QED) is 0.820. The maximum Gasteiger partial charge on any atom is 0.425 e. The molecule has 0 N–H and O–H groups in total. The average Bonchev–Trinajstić information content (AvgIpc) is 2.87. The standard InChI is InChI=1S/C14H15ClF3N3O2/c1-4-21-13(10(15)7-20-21)9-6-19-12(5-11(9)22-3)23-8(2)14(16,17)18/h5-8H,4H2,1-3H3/t8-/m1/s1. The van der Waals surface area contributed by atoms with Crippen molar-refractivity contribution in [2.75, 3.05) is 7.11 Å². The van der Waals surface area contributed by atoms with Crippen LogP contribution in [0.4, 0.5) is 13.2 Å². The van der Waals surface area contributed by atoms with Crippen LogP contribution in [-0.4, -0.2) is 34.2 Å². The van der Waals surface area contributed by atoms with E-state index in [9.17, 15) is 13.2 Å². The number of methoxy groups -OCH3 is 1. The topological polar surface area (TPSA) is 49.2 Å². The fourth-order valence-electron chi connectivity index (χ4n) is 1.95. The molecule has 0 aliphatic heterocycles. The molecule has 0 saturated heterocycles. The minimum absolute atomic E-state index is 0.186. The van der Waals surface area contributed by atoms with Gasteiger partial charge in [0.25, 0.3) is 0 Å². The second-order valence-electron chi connectivity index (χ2n) is 4.68. The summed E-state index contributed by atoms with van der Waals surface area (Å²) in [4.78, 5) is 3.91. The number of alkyl halides is 3. The van der Waals surface area contributed by atoms with E-state index in [1.165, 1.54) is 25.6 Å². The van der Waals surface area contributed by atoms with Crippen molar-refractivity contribution < 1.29 is 22.6 Å². The van der Waals surface area contributed by atoms with Crippen molar-refractivity contribution in [1.82, 2.24) is 14.8 Å². The zero-order valence-corrected chi connectivity index (χ0v) is 13.4. The fraction of sp³-hybridized carbons (Fsp3) is 0.429. The van der Waals surface area contributed by atoms with E-state index in [4.69, 9.17) is 21.1 Å². The van der Waals surface area contributed by atoms with Crippen molar-refractivity contribution in [3.63, 3.8) is 0 Å². The van der Waals surface area contributed by atoms with Gasteiger partial charge in [-0.3, -0.25) is 4.68 Å². The van der Waals surface area contributed by atoms with Gasteiger partial charge in [-0.1, -0.05) is 11.6 Å². The van der Waals surface area contributed by atoms with E-state index in [1.807, 2.05) is 6.92 Å². The van der Waals surface area contributed by atoms with Crippen molar-refractivity contribution in [3.05, 3.63) is 23.5 Å². The minimum atomic E-state index is -4.47. The van der Waals surface area contributed by atoms with Gasteiger partial charge in [-0.25, -0.2) is 4.98 Å². The molecule has 0 fully saturated rings. The third kappa shape index (κ3) is 3.69. The van der Waals surface area contributed by atoms with Crippen molar-refractivity contribution in [2.24, 2.45) is 0 Å². The Hall–Kier alpha value is -1.96. The lowest BCUT2D eigenvalue weighted by molar-refractivity contribution is -0.190. The van der Waals surface area contributed by atoms with Gasteiger partial charge in [0.05, 0.1) is 29.6 Å². The first-order valence-corrected chi connectivity index (χ1v) is 7.14. The maximum absolute atomic E-state index is 12.6. The molecular formula is C14H15ClF3N3O2. The highest BCUT2D eigenvalue weighted by molar-refractivity contribution is 6.33. The third-order valence-electron chi connectivity index (χ3n) is 3.17. The van der Waals surface area contributed by atoms with Crippen LogP contribution in [0.1, 0.15) is 13.8 Å². The number of aromatic nitrogens is 3. The van der Waals surface area contributed by atoms with E-state index in [1.54, 1.807) is 4.68 Å². The molecule has 0 unspecified atom stereocenters. The average molecular weight is 350 g/mol. The molecule has 2 aromatic rings. The van der Waals surface area contributed by atoms with Gasteiger partial charge < -0.3 is 9.47 Å². The predicted octanol–water partition coefficient (Wildman–Crippen LogP) is 3.96. The van der Waals surface area contributed by atoms with Gasteiger partial charge in [-0.15, -0.1) is 0 Å². The number of halogens is 4. The molecule has 0 bridgehead atoms. The fourth-order valence-corrected chi connectivity index (χ4v) is 2.19. The van der Waals surface area contributed by atoms with Gasteiger partial charge >= 0.3 is 6.18 Å². The van der Waals surface area contributed by atoms with Gasteiger partial charge in [0.15, 0.2) is 6.10 Å². The van der Waals surface area contributed by atoms with Crippen LogP contribution in [0.2, 0.25) is 5.02 Å². The van der Waals surface area contributed by atoms with E-state index >= 15 is 0 Å². The van der Waals surface area contributed by atoms with Crippen molar-refractivity contribution >= 4 is 11.6 Å². The summed E-state index contributed by atoms with van der Waals surface area (Å²) in [6.45, 7) is 3.36. The van der Waals surface area contributed by atoms with Gasteiger partial charge in [-0.05, 0) is 13.8 Å². The molecular weight excluding hydrogens is 335 g/mol. The number of hydrogen-bond acceptors (Lipinski definition) is 4. The monoisotopic (exact) mass is 349 g/mol. The Morgan fingerprint density at radius 1 is 1.35 bits per heavy atom. The molecule has 9 heteroatoms. The van der Waals surface area contributed by atoms with E-state index < -0.39 is 12.3 Å². The smallest absolute Gasteiger partial charge is 0.425 e. The number of pyridine rings is 1. The highest BCUT2D eigenvalue weighted by Gasteiger charge is 2.38. The van der Waals surface area contributed by atoms with Crippen LogP contribution in [0.5, 0.6) is 11.6 Å². The van der Waals surface area contributed by atoms with Crippen LogP contribution in [-0.2, 0) is 6.54 Å². The van der Waals surface area contributed by atoms with Crippen LogP contribution in [0.15, 0.2) is 18.5 Å². The number of nitrogens with zero attached hydrogens (tertiary/aromatic N) is 3. The van der Waals surface area contributed by atoms with Crippen molar-refractivity contribution in [2.45, 2.75) is 32.7 Å². The van der Waals surface area contributed by atoms with E-state index in [2.05, 4.69) is 10.1 Å². The Labute approximate surface area is 136 Å². The summed E-state index contributed by atoms with van der Waals surface area (Å²) in [6, 6.07) is 1.29. The molecule has 0 spiro atoms. The van der Waals surface area contributed by atoms with E-state index in [0.29, 0.717) is 28.6 Å². The van der Waals surface area contributed by atoms with Crippen LogP contribution >= 0.6 is 11.6 Å². The Morgan fingerprint density at radius 2 is 2.04 bits per heavy atom. The second kappa shape index (κ2) is 6.66. The maximum atomic E-state index is 12.6. The minimum Gasteiger partial charge on any atom is -0.496 e. The van der Waals surface area contributed by atoms with E-state index in [-0.39, 0.29) is 5.88 Å². The molecule has 0 aromatic carbocycles. The Bertz CT molecular complexity index is 688. The zero-order valence-electron chi connectivity index (χ0n) is 12.7. The molecule has 0 aliphatic carbocycles. The van der Waals surface area contributed by atoms with Crippen LogP contribution in [0, 0.1) is 0 Å².